The number of hydrogen-bond acceptors (Lipinski definition) is 2. The van der Waals surface area contributed by atoms with Crippen LogP contribution in [0.2, 0.25) is 0 Å². The van der Waals surface area contributed by atoms with Gasteiger partial charge in [-0.25, -0.2) is 0 Å². The van der Waals surface area contributed by atoms with Crippen molar-refractivity contribution >= 4 is 0 Å². The molecule has 1 aliphatic heterocycles. The lowest BCUT2D eigenvalue weighted by molar-refractivity contribution is 0.150. The maximum absolute atomic E-state index is 3.58. The van der Waals surface area contributed by atoms with Gasteiger partial charge in [0.25, 0.3) is 0 Å². The van der Waals surface area contributed by atoms with Crippen LogP contribution in [0.15, 0.2) is 12.3 Å². The maximum Gasteiger partial charge on any atom is 0.0817 e. The predicted octanol–water partition coefficient (Wildman–Crippen LogP) is 1.94. The van der Waals surface area contributed by atoms with Gasteiger partial charge in [0, 0.05) is 13.6 Å². The van der Waals surface area contributed by atoms with E-state index in [1.807, 2.05) is 0 Å². The Morgan fingerprint density at radius 1 is 1.23 bits per heavy atom. The summed E-state index contributed by atoms with van der Waals surface area (Å²) in [6, 6.07) is 0. The van der Waals surface area contributed by atoms with Gasteiger partial charge < -0.3 is 4.90 Å². The van der Waals surface area contributed by atoms with Crippen LogP contribution in [-0.2, 0) is 0 Å². The van der Waals surface area contributed by atoms with Crippen molar-refractivity contribution in [3.05, 3.63) is 12.3 Å². The number of hydrogen-bond donors (Lipinski definition) is 1. The Bertz CT molecular complexity index is 183. The van der Waals surface area contributed by atoms with E-state index in [0.717, 1.165) is 12.5 Å². The van der Waals surface area contributed by atoms with E-state index in [4.69, 9.17) is 0 Å². The van der Waals surface area contributed by atoms with Crippen molar-refractivity contribution in [2.24, 2.45) is 5.92 Å². The summed E-state index contributed by atoms with van der Waals surface area (Å²) in [4.78, 5) is 2.33. The monoisotopic (exact) mass is 180 g/mol. The fourth-order valence-electron chi connectivity index (χ4n) is 2.59. The Morgan fingerprint density at radius 3 is 2.69 bits per heavy atom. The highest BCUT2D eigenvalue weighted by Gasteiger charge is 2.25. The molecule has 1 aliphatic carbocycles. The van der Waals surface area contributed by atoms with E-state index in [1.165, 1.54) is 32.1 Å². The first-order valence-electron chi connectivity index (χ1n) is 5.50. The molecule has 0 aromatic rings. The van der Waals surface area contributed by atoms with Crippen LogP contribution in [0.4, 0.5) is 0 Å². The van der Waals surface area contributed by atoms with Gasteiger partial charge in [-0.2, -0.15) is 0 Å². The third kappa shape index (κ3) is 2.05. The molecule has 2 heteroatoms. The molecular weight excluding hydrogens is 160 g/mol. The molecule has 1 atom stereocenters. The highest BCUT2D eigenvalue weighted by Crippen LogP contribution is 2.28. The van der Waals surface area contributed by atoms with Crippen molar-refractivity contribution in [1.82, 2.24) is 10.2 Å². The van der Waals surface area contributed by atoms with E-state index in [-0.39, 0.29) is 0 Å². The average Bonchev–Trinajstić information content (AvgIpc) is 2.20. The number of rotatable bonds is 1. The van der Waals surface area contributed by atoms with Crippen molar-refractivity contribution in [3.63, 3.8) is 0 Å². The van der Waals surface area contributed by atoms with Gasteiger partial charge in [0.05, 0.1) is 6.17 Å². The molecule has 1 saturated carbocycles. The summed E-state index contributed by atoms with van der Waals surface area (Å²) in [5.74, 6) is 0.878. The minimum Gasteiger partial charge on any atom is -0.365 e. The summed E-state index contributed by atoms with van der Waals surface area (Å²) in [6.07, 6.45) is 12.1. The summed E-state index contributed by atoms with van der Waals surface area (Å²) < 4.78 is 0. The van der Waals surface area contributed by atoms with Gasteiger partial charge in [-0.15, -0.1) is 0 Å². The molecule has 0 amide bonds. The Hall–Kier alpha value is -0.500. The lowest BCUT2D eigenvalue weighted by Crippen LogP contribution is -2.49. The second kappa shape index (κ2) is 4.14. The van der Waals surface area contributed by atoms with Crippen LogP contribution in [0.1, 0.15) is 32.1 Å². The van der Waals surface area contributed by atoms with Crippen LogP contribution >= 0.6 is 0 Å². The third-order valence-electron chi connectivity index (χ3n) is 3.32. The van der Waals surface area contributed by atoms with Gasteiger partial charge in [0.2, 0.25) is 0 Å². The summed E-state index contributed by atoms with van der Waals surface area (Å²) in [6.45, 7) is 1.05. The molecule has 0 aromatic carbocycles. The molecule has 0 spiro atoms. The van der Waals surface area contributed by atoms with Gasteiger partial charge >= 0.3 is 0 Å². The fourth-order valence-corrected chi connectivity index (χ4v) is 2.59. The van der Waals surface area contributed by atoms with Crippen molar-refractivity contribution in [2.75, 3.05) is 13.6 Å². The molecule has 1 N–H and O–H groups in total. The zero-order valence-corrected chi connectivity index (χ0v) is 8.50. The quantitative estimate of drug-likeness (QED) is 0.663. The Balaban J connectivity index is 1.94. The first-order chi connectivity index (χ1) is 6.38. The summed E-state index contributed by atoms with van der Waals surface area (Å²) >= 11 is 0. The largest absolute Gasteiger partial charge is 0.365 e. The first kappa shape index (κ1) is 9.07. The van der Waals surface area contributed by atoms with Crippen LogP contribution in [0, 0.1) is 5.92 Å². The zero-order valence-electron chi connectivity index (χ0n) is 8.50. The number of nitrogens with zero attached hydrogens (tertiary/aromatic N) is 1. The number of nitrogens with one attached hydrogen (secondary N) is 1. The molecule has 0 saturated heterocycles. The molecule has 1 fully saturated rings. The first-order valence-corrected chi connectivity index (χ1v) is 5.50. The van der Waals surface area contributed by atoms with Crippen molar-refractivity contribution in [3.8, 4) is 0 Å². The smallest absolute Gasteiger partial charge is 0.0817 e. The van der Waals surface area contributed by atoms with Crippen LogP contribution in [-0.4, -0.2) is 24.7 Å². The molecule has 2 rings (SSSR count). The van der Waals surface area contributed by atoms with Crippen LogP contribution < -0.4 is 5.32 Å². The normalized spacial score (nSPS) is 30.8. The molecule has 1 heterocycles. The van der Waals surface area contributed by atoms with Gasteiger partial charge in [-0.05, 0) is 25.0 Å². The average molecular weight is 180 g/mol. The SMILES string of the molecule is CN1C=CCNC1C1CCCCC1. The summed E-state index contributed by atoms with van der Waals surface area (Å²) in [7, 11) is 2.18. The molecule has 13 heavy (non-hydrogen) atoms. The molecule has 0 radical (unpaired) electrons. The molecular formula is C11H20N2. The Kier molecular flexibility index (Phi) is 2.89. The zero-order chi connectivity index (χ0) is 9.10. The summed E-state index contributed by atoms with van der Waals surface area (Å²) in [5.41, 5.74) is 0. The van der Waals surface area contributed by atoms with Gasteiger partial charge in [0.1, 0.15) is 0 Å². The van der Waals surface area contributed by atoms with Crippen molar-refractivity contribution < 1.29 is 0 Å². The van der Waals surface area contributed by atoms with E-state index in [9.17, 15) is 0 Å². The Labute approximate surface area is 81.0 Å². The highest BCUT2D eigenvalue weighted by molar-refractivity contribution is 4.94. The van der Waals surface area contributed by atoms with E-state index in [2.05, 4.69) is 29.5 Å². The van der Waals surface area contributed by atoms with Gasteiger partial charge in [0.15, 0.2) is 0 Å². The topological polar surface area (TPSA) is 15.3 Å². The minimum absolute atomic E-state index is 0.602. The second-order valence-electron chi connectivity index (χ2n) is 4.30. The van der Waals surface area contributed by atoms with E-state index >= 15 is 0 Å². The summed E-state index contributed by atoms with van der Waals surface area (Å²) in [5, 5.41) is 3.58. The third-order valence-corrected chi connectivity index (χ3v) is 3.32. The van der Waals surface area contributed by atoms with Gasteiger partial charge in [-0.3, -0.25) is 5.32 Å². The fraction of sp³-hybridized carbons (Fsp3) is 0.818. The highest BCUT2D eigenvalue weighted by atomic mass is 15.3. The van der Waals surface area contributed by atoms with Crippen molar-refractivity contribution in [2.45, 2.75) is 38.3 Å². The maximum atomic E-state index is 3.58. The molecule has 2 nitrogen and oxygen atoms in total. The van der Waals surface area contributed by atoms with Crippen LogP contribution in [0.3, 0.4) is 0 Å². The lowest BCUT2D eigenvalue weighted by Gasteiger charge is -2.38. The Morgan fingerprint density at radius 2 is 2.00 bits per heavy atom. The van der Waals surface area contributed by atoms with Crippen LogP contribution in [0.25, 0.3) is 0 Å². The lowest BCUT2D eigenvalue weighted by atomic mass is 9.86. The van der Waals surface area contributed by atoms with E-state index in [1.54, 1.807) is 0 Å². The second-order valence-corrected chi connectivity index (χ2v) is 4.30. The van der Waals surface area contributed by atoms with Crippen molar-refractivity contribution in [1.29, 1.82) is 0 Å². The minimum atomic E-state index is 0.602. The molecule has 0 bridgehead atoms. The van der Waals surface area contributed by atoms with Crippen LogP contribution in [0.5, 0.6) is 0 Å². The molecule has 2 aliphatic rings. The van der Waals surface area contributed by atoms with E-state index in [0.29, 0.717) is 6.17 Å². The van der Waals surface area contributed by atoms with Gasteiger partial charge in [-0.1, -0.05) is 25.3 Å². The predicted molar refractivity (Wildman–Crippen MR) is 55.3 cm³/mol. The standard InChI is InChI=1S/C11H20N2/c1-13-9-5-8-12-11(13)10-6-3-2-4-7-10/h5,9-12H,2-4,6-8H2,1H3. The molecule has 74 valence electrons. The molecule has 1 unspecified atom stereocenters. The molecule has 0 aromatic heterocycles. The van der Waals surface area contributed by atoms with E-state index < -0.39 is 0 Å².